The van der Waals surface area contributed by atoms with Crippen molar-refractivity contribution in [3.05, 3.63) is 50.9 Å². The molecule has 3 aliphatic rings. The molecule has 5 heterocycles. The number of aliphatic hydroxyl groups is 2. The molecular formula is C31H40ClN5O4. The maximum absolute atomic E-state index is 13.7. The van der Waals surface area contributed by atoms with Crippen molar-refractivity contribution in [2.24, 2.45) is 0 Å². The fourth-order valence-corrected chi connectivity index (χ4v) is 7.29. The zero-order valence-corrected chi connectivity index (χ0v) is 24.8. The number of pyridine rings is 1. The first-order valence-corrected chi connectivity index (χ1v) is 15.3. The minimum absolute atomic E-state index is 0.0466. The third-order valence-electron chi connectivity index (χ3n) is 9.17. The summed E-state index contributed by atoms with van der Waals surface area (Å²) in [5.41, 5.74) is 4.08. The minimum atomic E-state index is -0.642. The summed E-state index contributed by atoms with van der Waals surface area (Å²) in [5.74, 6) is 0.389. The summed E-state index contributed by atoms with van der Waals surface area (Å²) < 4.78 is 7.64. The average molecular weight is 582 g/mol. The standard InChI is InChI=1S/C31H40ClN5O4/c1-17(2)37-26-11-19(29-24(32)14-33-31(35-29)34-25-9-10-41-16-28(25)39)7-8-23(26)30(40)18(3)27(37)15-36-20-5-4-6-21(36)13-22(38)12-20/h7-8,11,14,17,20-22,25,28,38-39H,4-6,9-10,12-13,15-16H2,1-3H3,(H,33,34,35)/t20?,21?,22?,25-,28-/m1/s1. The normalized spacial score (nSPS) is 27.0. The van der Waals surface area contributed by atoms with Gasteiger partial charge in [-0.05, 0) is 65.0 Å². The third-order valence-corrected chi connectivity index (χ3v) is 9.45. The number of rotatable bonds is 6. The van der Waals surface area contributed by atoms with Crippen LogP contribution in [0.2, 0.25) is 5.02 Å². The molecule has 3 aromatic rings. The van der Waals surface area contributed by atoms with Crippen LogP contribution in [0.25, 0.3) is 22.2 Å². The number of aromatic nitrogens is 3. The van der Waals surface area contributed by atoms with Crippen LogP contribution in [-0.2, 0) is 11.3 Å². The molecular weight excluding hydrogens is 542 g/mol. The summed E-state index contributed by atoms with van der Waals surface area (Å²) in [7, 11) is 0. The number of ether oxygens (including phenoxy) is 1. The Hall–Kier alpha value is -2.56. The summed E-state index contributed by atoms with van der Waals surface area (Å²) >= 11 is 6.62. The number of aliphatic hydroxyl groups excluding tert-OH is 2. The predicted octanol–water partition coefficient (Wildman–Crippen LogP) is 4.44. The maximum atomic E-state index is 13.7. The van der Waals surface area contributed by atoms with Crippen molar-refractivity contribution >= 4 is 28.5 Å². The van der Waals surface area contributed by atoms with Crippen LogP contribution in [0.15, 0.2) is 29.2 Å². The van der Waals surface area contributed by atoms with E-state index in [2.05, 4.69) is 33.6 Å². The molecule has 9 nitrogen and oxygen atoms in total. The molecule has 220 valence electrons. The van der Waals surface area contributed by atoms with Crippen LogP contribution in [0.3, 0.4) is 0 Å². The van der Waals surface area contributed by atoms with Gasteiger partial charge in [0.2, 0.25) is 5.95 Å². The number of fused-ring (bicyclic) bond motifs is 3. The number of nitrogens with zero attached hydrogens (tertiary/aromatic N) is 4. The van der Waals surface area contributed by atoms with Crippen LogP contribution >= 0.6 is 11.6 Å². The number of piperidine rings is 2. The van der Waals surface area contributed by atoms with Crippen molar-refractivity contribution in [2.45, 2.75) is 102 Å². The molecule has 3 aliphatic heterocycles. The van der Waals surface area contributed by atoms with Crippen molar-refractivity contribution in [3.63, 3.8) is 0 Å². The molecule has 10 heteroatoms. The first-order valence-electron chi connectivity index (χ1n) is 14.9. The monoisotopic (exact) mass is 581 g/mol. The molecule has 0 saturated carbocycles. The van der Waals surface area contributed by atoms with E-state index in [1.807, 2.05) is 25.1 Å². The molecule has 4 atom stereocenters. The van der Waals surface area contributed by atoms with Crippen molar-refractivity contribution in [3.8, 4) is 11.3 Å². The van der Waals surface area contributed by atoms with Crippen LogP contribution in [0, 0.1) is 6.92 Å². The SMILES string of the molecule is Cc1c(CN2C3CCCC2CC(O)C3)n(C(C)C)c2cc(-c3nc(N[C@@H]4CCOC[C@H]4O)ncc3Cl)ccc2c1=O. The van der Waals surface area contributed by atoms with Crippen molar-refractivity contribution in [1.29, 1.82) is 0 Å². The number of benzene rings is 1. The van der Waals surface area contributed by atoms with Gasteiger partial charge < -0.3 is 24.8 Å². The zero-order valence-electron chi connectivity index (χ0n) is 24.0. The highest BCUT2D eigenvalue weighted by Crippen LogP contribution is 2.37. The largest absolute Gasteiger partial charge is 0.393 e. The van der Waals surface area contributed by atoms with E-state index in [1.165, 1.54) is 6.42 Å². The quantitative estimate of drug-likeness (QED) is 0.392. The number of halogens is 1. The van der Waals surface area contributed by atoms with E-state index in [-0.39, 0.29) is 30.2 Å². The first-order chi connectivity index (χ1) is 19.7. The van der Waals surface area contributed by atoms with E-state index in [9.17, 15) is 15.0 Å². The van der Waals surface area contributed by atoms with Crippen LogP contribution < -0.4 is 10.7 Å². The Morgan fingerprint density at radius 3 is 2.63 bits per heavy atom. The van der Waals surface area contributed by atoms with E-state index in [0.29, 0.717) is 53.7 Å². The van der Waals surface area contributed by atoms with Crippen LogP contribution in [0.1, 0.15) is 69.7 Å². The molecule has 41 heavy (non-hydrogen) atoms. The van der Waals surface area contributed by atoms with E-state index in [4.69, 9.17) is 21.3 Å². The van der Waals surface area contributed by atoms with Gasteiger partial charge in [0.25, 0.3) is 0 Å². The highest BCUT2D eigenvalue weighted by atomic mass is 35.5. The molecule has 2 unspecified atom stereocenters. The highest BCUT2D eigenvalue weighted by molar-refractivity contribution is 6.33. The summed E-state index contributed by atoms with van der Waals surface area (Å²) in [5, 5.41) is 25.1. The van der Waals surface area contributed by atoms with Gasteiger partial charge in [0.1, 0.15) is 0 Å². The number of nitrogens with one attached hydrogen (secondary N) is 1. The third kappa shape index (κ3) is 5.50. The second-order valence-electron chi connectivity index (χ2n) is 12.2. The summed E-state index contributed by atoms with van der Waals surface area (Å²) in [6.07, 6.45) is 6.31. The highest BCUT2D eigenvalue weighted by Gasteiger charge is 2.38. The molecule has 0 aliphatic carbocycles. The van der Waals surface area contributed by atoms with Crippen LogP contribution in [0.4, 0.5) is 5.95 Å². The lowest BCUT2D eigenvalue weighted by atomic mass is 9.82. The van der Waals surface area contributed by atoms with Gasteiger partial charge in [-0.2, -0.15) is 0 Å². The van der Waals surface area contributed by atoms with Crippen molar-refractivity contribution in [2.75, 3.05) is 18.5 Å². The van der Waals surface area contributed by atoms with Crippen molar-refractivity contribution < 1.29 is 14.9 Å². The van der Waals surface area contributed by atoms with Gasteiger partial charge in [0, 0.05) is 53.5 Å². The van der Waals surface area contributed by atoms with E-state index >= 15 is 0 Å². The Kier molecular flexibility index (Phi) is 8.09. The van der Waals surface area contributed by atoms with E-state index in [0.717, 1.165) is 48.0 Å². The van der Waals surface area contributed by atoms with Gasteiger partial charge >= 0.3 is 0 Å². The van der Waals surface area contributed by atoms with E-state index in [1.54, 1.807) is 6.20 Å². The number of hydrogen-bond acceptors (Lipinski definition) is 8. The Bertz CT molecular complexity index is 1480. The van der Waals surface area contributed by atoms with E-state index < -0.39 is 6.10 Å². The summed E-state index contributed by atoms with van der Waals surface area (Å²) in [6, 6.07) is 6.38. The first kappa shape index (κ1) is 28.6. The molecule has 1 aromatic carbocycles. The predicted molar refractivity (Wildman–Crippen MR) is 160 cm³/mol. The minimum Gasteiger partial charge on any atom is -0.393 e. The summed E-state index contributed by atoms with van der Waals surface area (Å²) in [6.45, 7) is 7.78. The maximum Gasteiger partial charge on any atom is 0.223 e. The van der Waals surface area contributed by atoms with Crippen LogP contribution in [0.5, 0.6) is 0 Å². The lowest BCUT2D eigenvalue weighted by molar-refractivity contribution is -0.0325. The van der Waals surface area contributed by atoms with Crippen LogP contribution in [-0.4, -0.2) is 73.2 Å². The lowest BCUT2D eigenvalue weighted by Gasteiger charge is -2.48. The van der Waals surface area contributed by atoms with Crippen molar-refractivity contribution in [1.82, 2.24) is 19.4 Å². The fraction of sp³-hybridized carbons (Fsp3) is 0.581. The molecule has 3 saturated heterocycles. The fourth-order valence-electron chi connectivity index (χ4n) is 7.09. The average Bonchev–Trinajstić information content (AvgIpc) is 2.94. The molecule has 3 fully saturated rings. The molecule has 3 N–H and O–H groups in total. The van der Waals surface area contributed by atoms with Gasteiger partial charge in [-0.15, -0.1) is 0 Å². The van der Waals surface area contributed by atoms with Gasteiger partial charge in [-0.25, -0.2) is 9.97 Å². The number of hydrogen-bond donors (Lipinski definition) is 3. The Balaban J connectivity index is 1.41. The Labute approximate surface area is 245 Å². The molecule has 0 spiro atoms. The van der Waals surface area contributed by atoms with Gasteiger partial charge in [0.05, 0.1) is 47.3 Å². The Morgan fingerprint density at radius 2 is 1.93 bits per heavy atom. The smallest absolute Gasteiger partial charge is 0.223 e. The number of anilines is 1. The van der Waals surface area contributed by atoms with Gasteiger partial charge in [0.15, 0.2) is 5.43 Å². The molecule has 2 aromatic heterocycles. The Morgan fingerprint density at radius 1 is 1.17 bits per heavy atom. The van der Waals surface area contributed by atoms with Gasteiger partial charge in [-0.1, -0.05) is 24.1 Å². The topological polar surface area (TPSA) is 113 Å². The molecule has 0 amide bonds. The zero-order chi connectivity index (χ0) is 28.8. The molecule has 0 radical (unpaired) electrons. The van der Waals surface area contributed by atoms with Gasteiger partial charge in [-0.3, -0.25) is 9.69 Å². The second-order valence-corrected chi connectivity index (χ2v) is 12.6. The molecule has 6 rings (SSSR count). The lowest BCUT2D eigenvalue weighted by Crippen LogP contribution is -2.53. The second kappa shape index (κ2) is 11.6. The molecule has 2 bridgehead atoms. The summed E-state index contributed by atoms with van der Waals surface area (Å²) in [4.78, 5) is 25.3.